The molecule has 0 saturated carbocycles. The van der Waals surface area contributed by atoms with Crippen LogP contribution in [0.1, 0.15) is 19.4 Å². The SMILES string of the molecule is CN(CC(C)(C)O)c1ccc(C(N)=NO)cn1. The van der Waals surface area contributed by atoms with E-state index in [0.29, 0.717) is 17.9 Å². The van der Waals surface area contributed by atoms with Crippen LogP contribution < -0.4 is 10.6 Å². The summed E-state index contributed by atoms with van der Waals surface area (Å²) in [6.07, 6.45) is 1.52. The normalized spacial score (nSPS) is 12.6. The minimum Gasteiger partial charge on any atom is -0.409 e. The number of nitrogens with zero attached hydrogens (tertiary/aromatic N) is 3. The van der Waals surface area contributed by atoms with Gasteiger partial charge < -0.3 is 20.9 Å². The number of amidine groups is 1. The van der Waals surface area contributed by atoms with Gasteiger partial charge in [-0.05, 0) is 26.0 Å². The summed E-state index contributed by atoms with van der Waals surface area (Å²) in [4.78, 5) is 6.00. The Balaban J connectivity index is 2.81. The number of nitrogens with two attached hydrogens (primary N) is 1. The molecule has 0 saturated heterocycles. The lowest BCUT2D eigenvalue weighted by molar-refractivity contribution is 0.0884. The van der Waals surface area contributed by atoms with Crippen molar-refractivity contribution in [2.45, 2.75) is 19.4 Å². The molecule has 17 heavy (non-hydrogen) atoms. The maximum atomic E-state index is 9.69. The van der Waals surface area contributed by atoms with Crippen LogP contribution >= 0.6 is 0 Å². The standard InChI is InChI=1S/C11H18N4O2/c1-11(2,16)7-15(3)9-5-4-8(6-13-9)10(12)14-17/h4-6,16-17H,7H2,1-3H3,(H2,12,14). The van der Waals surface area contributed by atoms with Crippen molar-refractivity contribution in [3.63, 3.8) is 0 Å². The van der Waals surface area contributed by atoms with Crippen LogP contribution in [0.15, 0.2) is 23.5 Å². The Morgan fingerprint density at radius 3 is 2.59 bits per heavy atom. The van der Waals surface area contributed by atoms with E-state index in [1.54, 1.807) is 26.0 Å². The molecule has 0 radical (unpaired) electrons. The molecule has 0 aliphatic carbocycles. The molecule has 0 amide bonds. The fourth-order valence-corrected chi connectivity index (χ4v) is 1.48. The van der Waals surface area contributed by atoms with Gasteiger partial charge in [0.25, 0.3) is 0 Å². The number of pyridine rings is 1. The zero-order valence-electron chi connectivity index (χ0n) is 10.3. The summed E-state index contributed by atoms with van der Waals surface area (Å²) in [5.74, 6) is 0.732. The van der Waals surface area contributed by atoms with Gasteiger partial charge in [0.15, 0.2) is 5.84 Å². The van der Waals surface area contributed by atoms with Crippen LogP contribution in [0.5, 0.6) is 0 Å². The Morgan fingerprint density at radius 2 is 2.18 bits per heavy atom. The zero-order chi connectivity index (χ0) is 13.1. The summed E-state index contributed by atoms with van der Waals surface area (Å²) in [6.45, 7) is 3.92. The fourth-order valence-electron chi connectivity index (χ4n) is 1.48. The zero-order valence-corrected chi connectivity index (χ0v) is 10.3. The van der Waals surface area contributed by atoms with Crippen molar-refractivity contribution in [1.82, 2.24) is 4.98 Å². The van der Waals surface area contributed by atoms with Crippen LogP contribution in [0.2, 0.25) is 0 Å². The Hall–Kier alpha value is -1.82. The van der Waals surface area contributed by atoms with Crippen molar-refractivity contribution in [2.24, 2.45) is 10.9 Å². The molecule has 94 valence electrons. The van der Waals surface area contributed by atoms with Crippen molar-refractivity contribution in [3.8, 4) is 0 Å². The monoisotopic (exact) mass is 238 g/mol. The molecule has 0 aromatic carbocycles. The first-order chi connectivity index (χ1) is 7.83. The summed E-state index contributed by atoms with van der Waals surface area (Å²) in [5, 5.41) is 21.1. The quantitative estimate of drug-likeness (QED) is 0.305. The molecule has 0 atom stereocenters. The Labute approximate surface area is 100 Å². The molecule has 0 unspecified atom stereocenters. The average molecular weight is 238 g/mol. The van der Waals surface area contributed by atoms with Gasteiger partial charge in [0, 0.05) is 25.4 Å². The molecule has 6 heteroatoms. The van der Waals surface area contributed by atoms with E-state index < -0.39 is 5.60 Å². The summed E-state index contributed by atoms with van der Waals surface area (Å²) in [6, 6.07) is 3.46. The number of anilines is 1. The highest BCUT2D eigenvalue weighted by Crippen LogP contribution is 2.13. The number of oxime groups is 1. The lowest BCUT2D eigenvalue weighted by atomic mass is 10.1. The largest absolute Gasteiger partial charge is 0.409 e. The molecule has 0 aliphatic rings. The van der Waals surface area contributed by atoms with E-state index in [2.05, 4.69) is 10.1 Å². The molecule has 0 bridgehead atoms. The summed E-state index contributed by atoms with van der Waals surface area (Å²) in [5.41, 5.74) is 5.19. The van der Waals surface area contributed by atoms with E-state index >= 15 is 0 Å². The first kappa shape index (κ1) is 13.2. The highest BCUT2D eigenvalue weighted by Gasteiger charge is 2.16. The highest BCUT2D eigenvalue weighted by atomic mass is 16.4. The third-order valence-electron chi connectivity index (χ3n) is 2.17. The number of aliphatic hydroxyl groups is 1. The second kappa shape index (κ2) is 5.01. The number of hydrogen-bond donors (Lipinski definition) is 3. The molecule has 6 nitrogen and oxygen atoms in total. The number of likely N-dealkylation sites (N-methyl/N-ethyl adjacent to an activating group) is 1. The van der Waals surface area contributed by atoms with E-state index in [0.717, 1.165) is 0 Å². The van der Waals surface area contributed by atoms with Gasteiger partial charge >= 0.3 is 0 Å². The molecular weight excluding hydrogens is 220 g/mol. The molecule has 0 spiro atoms. The predicted octanol–water partition coefficient (Wildman–Crippen LogP) is 0.383. The van der Waals surface area contributed by atoms with Crippen molar-refractivity contribution >= 4 is 11.7 Å². The van der Waals surface area contributed by atoms with Crippen LogP contribution in [0.4, 0.5) is 5.82 Å². The van der Waals surface area contributed by atoms with Crippen molar-refractivity contribution in [2.75, 3.05) is 18.5 Å². The van der Waals surface area contributed by atoms with Crippen molar-refractivity contribution < 1.29 is 10.3 Å². The molecular formula is C11H18N4O2. The van der Waals surface area contributed by atoms with E-state index in [4.69, 9.17) is 10.9 Å². The van der Waals surface area contributed by atoms with E-state index in [1.165, 1.54) is 6.20 Å². The minimum absolute atomic E-state index is 0.0224. The van der Waals surface area contributed by atoms with E-state index in [9.17, 15) is 5.11 Å². The summed E-state index contributed by atoms with van der Waals surface area (Å²) >= 11 is 0. The van der Waals surface area contributed by atoms with Crippen LogP contribution in [0.25, 0.3) is 0 Å². The Kier molecular flexibility index (Phi) is 3.90. The van der Waals surface area contributed by atoms with Gasteiger partial charge in [-0.1, -0.05) is 5.16 Å². The minimum atomic E-state index is -0.791. The first-order valence-electron chi connectivity index (χ1n) is 5.21. The molecule has 1 rings (SSSR count). The van der Waals surface area contributed by atoms with Gasteiger partial charge in [-0.3, -0.25) is 0 Å². The van der Waals surface area contributed by atoms with Crippen LogP contribution in [-0.2, 0) is 0 Å². The third-order valence-corrected chi connectivity index (χ3v) is 2.17. The van der Waals surface area contributed by atoms with Gasteiger partial charge in [-0.25, -0.2) is 4.98 Å². The average Bonchev–Trinajstić information content (AvgIpc) is 2.26. The van der Waals surface area contributed by atoms with Crippen LogP contribution in [0.3, 0.4) is 0 Å². The molecule has 1 aromatic rings. The number of aromatic nitrogens is 1. The topological polar surface area (TPSA) is 95.0 Å². The maximum Gasteiger partial charge on any atom is 0.171 e. The van der Waals surface area contributed by atoms with Gasteiger partial charge in [0.05, 0.1) is 5.60 Å². The summed E-state index contributed by atoms with van der Waals surface area (Å²) < 4.78 is 0. The molecule has 1 heterocycles. The molecule has 0 fully saturated rings. The first-order valence-corrected chi connectivity index (χ1v) is 5.21. The predicted molar refractivity (Wildman–Crippen MR) is 66.3 cm³/mol. The second-order valence-corrected chi connectivity index (χ2v) is 4.56. The van der Waals surface area contributed by atoms with Gasteiger partial charge in [-0.15, -0.1) is 0 Å². The van der Waals surface area contributed by atoms with Gasteiger partial charge in [0.2, 0.25) is 0 Å². The lowest BCUT2D eigenvalue weighted by Gasteiger charge is -2.26. The van der Waals surface area contributed by atoms with E-state index in [-0.39, 0.29) is 5.84 Å². The van der Waals surface area contributed by atoms with Gasteiger partial charge in [-0.2, -0.15) is 0 Å². The third kappa shape index (κ3) is 3.92. The Morgan fingerprint density at radius 1 is 1.53 bits per heavy atom. The molecule has 0 aliphatic heterocycles. The van der Waals surface area contributed by atoms with Crippen molar-refractivity contribution in [1.29, 1.82) is 0 Å². The maximum absolute atomic E-state index is 9.69. The smallest absolute Gasteiger partial charge is 0.171 e. The number of hydrogen-bond acceptors (Lipinski definition) is 5. The fraction of sp³-hybridized carbons (Fsp3) is 0.455. The summed E-state index contributed by atoms with van der Waals surface area (Å²) in [7, 11) is 1.84. The van der Waals surface area contributed by atoms with Crippen LogP contribution in [0, 0.1) is 0 Å². The second-order valence-electron chi connectivity index (χ2n) is 4.56. The molecule has 1 aromatic heterocycles. The Bertz CT molecular complexity index is 395. The molecule has 4 N–H and O–H groups in total. The lowest BCUT2D eigenvalue weighted by Crippen LogP contribution is -2.36. The van der Waals surface area contributed by atoms with Crippen LogP contribution in [-0.4, -0.2) is 40.3 Å². The van der Waals surface area contributed by atoms with E-state index in [1.807, 2.05) is 11.9 Å². The highest BCUT2D eigenvalue weighted by molar-refractivity contribution is 5.96. The van der Waals surface area contributed by atoms with Crippen molar-refractivity contribution in [3.05, 3.63) is 23.9 Å². The number of rotatable bonds is 4. The van der Waals surface area contributed by atoms with Gasteiger partial charge in [0.1, 0.15) is 5.82 Å².